The van der Waals surface area contributed by atoms with Crippen molar-refractivity contribution in [2.24, 2.45) is 0 Å². The molecular formula is C49H47IrO7P2. The van der Waals surface area contributed by atoms with Gasteiger partial charge in [-0.2, -0.15) is 0 Å². The number of ether oxygens (including phenoxy) is 1. The van der Waals surface area contributed by atoms with Crippen molar-refractivity contribution in [2.45, 2.75) is 27.7 Å². The Morgan fingerprint density at radius 1 is 0.373 bits per heavy atom. The summed E-state index contributed by atoms with van der Waals surface area (Å²) in [6.07, 6.45) is 5.13. The van der Waals surface area contributed by atoms with Gasteiger partial charge in [-0.15, -0.1) is 6.42 Å². The van der Waals surface area contributed by atoms with Crippen LogP contribution in [0.25, 0.3) is 0 Å². The van der Waals surface area contributed by atoms with Crippen molar-refractivity contribution in [1.82, 2.24) is 0 Å². The molecule has 1 aliphatic rings. The van der Waals surface area contributed by atoms with E-state index in [2.05, 4.69) is 33.6 Å². The van der Waals surface area contributed by atoms with Crippen LogP contribution in [0.3, 0.4) is 0 Å². The van der Waals surface area contributed by atoms with Gasteiger partial charge in [0, 0.05) is 26.0 Å². The second-order valence-corrected chi connectivity index (χ2v) is 14.5. The van der Waals surface area contributed by atoms with Gasteiger partial charge in [-0.3, -0.25) is 0 Å². The van der Waals surface area contributed by atoms with E-state index >= 15 is 0 Å². The van der Waals surface area contributed by atoms with Gasteiger partial charge in [0.25, 0.3) is 0 Å². The van der Waals surface area contributed by atoms with Crippen molar-refractivity contribution < 1.29 is 52.0 Å². The first-order chi connectivity index (χ1) is 28.4. The van der Waals surface area contributed by atoms with Crippen LogP contribution in [-0.4, -0.2) is 13.2 Å². The Morgan fingerprint density at radius 2 is 0.593 bits per heavy atom. The molecule has 0 N–H and O–H groups in total. The summed E-state index contributed by atoms with van der Waals surface area (Å²) >= 11 is 0. The van der Waals surface area contributed by atoms with Crippen molar-refractivity contribution in [3.05, 3.63) is 212 Å². The largest absolute Gasteiger partial charge is 0.530 e. The summed E-state index contributed by atoms with van der Waals surface area (Å²) in [6, 6.07) is 57.0. The van der Waals surface area contributed by atoms with Crippen LogP contribution in [0.1, 0.15) is 27.7 Å². The predicted molar refractivity (Wildman–Crippen MR) is 235 cm³/mol. The van der Waals surface area contributed by atoms with Gasteiger partial charge in [0.1, 0.15) is 41.1 Å². The Morgan fingerprint density at radius 3 is 0.797 bits per heavy atom. The van der Waals surface area contributed by atoms with Crippen LogP contribution in [0.4, 0.5) is 0 Å². The molecule has 7 nitrogen and oxygen atoms in total. The van der Waals surface area contributed by atoms with Gasteiger partial charge in [0.15, 0.2) is 0 Å². The third kappa shape index (κ3) is 16.4. The molecule has 6 radical (unpaired) electrons. The van der Waals surface area contributed by atoms with Crippen LogP contribution >= 0.6 is 17.2 Å². The maximum absolute atomic E-state index is 5.84. The Hall–Kier alpha value is -4.85. The van der Waals surface area contributed by atoms with E-state index in [-0.39, 0.29) is 20.1 Å². The third-order valence-corrected chi connectivity index (χ3v) is 10.7. The van der Waals surface area contributed by atoms with Crippen molar-refractivity contribution >= 4 is 17.2 Å². The van der Waals surface area contributed by atoms with E-state index in [1.54, 1.807) is 0 Å². The monoisotopic (exact) mass is 1000 g/mol. The van der Waals surface area contributed by atoms with Crippen LogP contribution < -0.4 is 27.1 Å². The zero-order valence-corrected chi connectivity index (χ0v) is 37.6. The van der Waals surface area contributed by atoms with Gasteiger partial charge < -0.3 is 31.9 Å². The second kappa shape index (κ2) is 26.3. The molecule has 0 unspecified atom stereocenters. The number of terminal acetylenes is 1. The smallest absolute Gasteiger partial charge is 0.409 e. The molecule has 7 rings (SSSR count). The fourth-order valence-electron chi connectivity index (χ4n) is 5.24. The number of benzene rings is 6. The van der Waals surface area contributed by atoms with Gasteiger partial charge in [-0.05, 0) is 96.5 Å². The molecule has 0 heterocycles. The fraction of sp³-hybridized carbons (Fsp3) is 0.122. The normalized spacial score (nSPS) is 13.1. The summed E-state index contributed by atoms with van der Waals surface area (Å²) in [6.45, 7) is 9.62. The van der Waals surface area contributed by atoms with E-state index in [0.29, 0.717) is 47.7 Å². The van der Waals surface area contributed by atoms with Crippen LogP contribution in [0.15, 0.2) is 182 Å². The predicted octanol–water partition coefficient (Wildman–Crippen LogP) is 13.5. The average Bonchev–Trinajstić information content (AvgIpc) is 3.44. The first kappa shape index (κ1) is 46.8. The third-order valence-electron chi connectivity index (χ3n) is 8.56. The quantitative estimate of drug-likeness (QED) is 0.0577. The number of rotatable bonds is 15. The number of hydrogen-bond acceptors (Lipinski definition) is 7. The number of para-hydroxylation sites is 6. The van der Waals surface area contributed by atoms with E-state index in [0.717, 1.165) is 0 Å². The Balaban J connectivity index is 0.000000199. The van der Waals surface area contributed by atoms with E-state index in [4.69, 9.17) is 38.3 Å². The summed E-state index contributed by atoms with van der Waals surface area (Å²) in [7, 11) is -3.18. The minimum atomic E-state index is -1.59. The summed E-state index contributed by atoms with van der Waals surface area (Å²) in [5.74, 6) is 13.5. The molecule has 1 fully saturated rings. The van der Waals surface area contributed by atoms with Crippen molar-refractivity contribution in [1.29, 1.82) is 0 Å². The first-order valence-electron chi connectivity index (χ1n) is 18.6. The molecular weight excluding hydrogens is 955 g/mol. The maximum atomic E-state index is 5.84. The van der Waals surface area contributed by atoms with E-state index in [9.17, 15) is 0 Å². The van der Waals surface area contributed by atoms with Crippen LogP contribution in [0, 0.1) is 41.9 Å². The molecule has 6 aromatic rings. The molecule has 0 aromatic heterocycles. The van der Waals surface area contributed by atoms with Crippen molar-refractivity contribution in [3.8, 4) is 46.8 Å². The molecule has 1 saturated carbocycles. The molecule has 0 spiro atoms. The molecule has 0 amide bonds. The molecule has 0 saturated heterocycles. The van der Waals surface area contributed by atoms with Gasteiger partial charge in [-0.1, -0.05) is 143 Å². The average molecular weight is 1000 g/mol. The summed E-state index contributed by atoms with van der Waals surface area (Å²) in [5, 5.41) is 0. The molecule has 6 aromatic carbocycles. The van der Waals surface area contributed by atoms with Gasteiger partial charge in [0.2, 0.25) is 0 Å². The molecule has 1 aliphatic carbocycles. The van der Waals surface area contributed by atoms with E-state index in [1.807, 2.05) is 182 Å². The van der Waals surface area contributed by atoms with E-state index < -0.39 is 17.2 Å². The summed E-state index contributed by atoms with van der Waals surface area (Å²) in [5.41, 5.74) is 0. The summed E-state index contributed by atoms with van der Waals surface area (Å²) < 4.78 is 40.4. The van der Waals surface area contributed by atoms with Gasteiger partial charge in [-0.25, -0.2) is 0 Å². The number of hydrogen-bond donors (Lipinski definition) is 0. The van der Waals surface area contributed by atoms with Crippen LogP contribution in [-0.2, 0) is 24.8 Å². The molecule has 59 heavy (non-hydrogen) atoms. The zero-order chi connectivity index (χ0) is 40.8. The minimum Gasteiger partial charge on any atom is -0.409 e. The molecule has 304 valence electrons. The zero-order valence-electron chi connectivity index (χ0n) is 33.4. The molecule has 10 heteroatoms. The van der Waals surface area contributed by atoms with Crippen molar-refractivity contribution in [3.63, 3.8) is 0 Å². The Kier molecular flexibility index (Phi) is 20.9. The second-order valence-electron chi connectivity index (χ2n) is 12.5. The maximum Gasteiger partial charge on any atom is 0.530 e. The Bertz CT molecular complexity index is 1680. The first-order valence-corrected chi connectivity index (χ1v) is 20.8. The standard InChI is InChI=1S/2C18H15O3P.C13H17O.Ir/c2*1-4-10-16(11-5-1)19-22(20-17-12-6-2-7-13-17)21-18-14-8-3-9-15-18;1-6-7-14-8-13-11(4)9(2)10(3)12(13)5;/h2*1-15H;1H,7-8H2,2-5H3;. The summed E-state index contributed by atoms with van der Waals surface area (Å²) in [4.78, 5) is 0. The van der Waals surface area contributed by atoms with Gasteiger partial charge >= 0.3 is 17.2 Å². The molecule has 0 bridgehead atoms. The van der Waals surface area contributed by atoms with Crippen LogP contribution in [0.2, 0.25) is 0 Å². The van der Waals surface area contributed by atoms with Crippen LogP contribution in [0.5, 0.6) is 34.5 Å². The topological polar surface area (TPSA) is 64.6 Å². The fourth-order valence-corrected chi connectivity index (χ4v) is 7.23. The molecule has 0 atom stereocenters. The van der Waals surface area contributed by atoms with Gasteiger partial charge in [0.05, 0.1) is 6.61 Å². The Labute approximate surface area is 366 Å². The molecule has 0 aliphatic heterocycles. The SMILES string of the molecule is C#CCOC[C]1[C](C)[C](C)[C](C)[C]1C.[Ir].c1ccc(OP(Oc2ccccc2)Oc2ccccc2)cc1.c1ccc(OP(Oc2ccccc2)Oc2ccccc2)cc1. The minimum absolute atomic E-state index is 0. The van der Waals surface area contributed by atoms with E-state index in [1.165, 1.54) is 29.6 Å². The van der Waals surface area contributed by atoms with Crippen molar-refractivity contribution in [2.75, 3.05) is 13.2 Å².